The van der Waals surface area contributed by atoms with Gasteiger partial charge in [0.2, 0.25) is 0 Å². The zero-order valence-electron chi connectivity index (χ0n) is 14.8. The highest BCUT2D eigenvalue weighted by molar-refractivity contribution is 9.10. The highest BCUT2D eigenvalue weighted by atomic mass is 79.9. The Hall–Kier alpha value is -2.42. The van der Waals surface area contributed by atoms with Crippen LogP contribution in [0.25, 0.3) is 16.8 Å². The Labute approximate surface area is 166 Å². The molecule has 0 aliphatic carbocycles. The second-order valence-corrected chi connectivity index (χ2v) is 7.87. The lowest BCUT2D eigenvalue weighted by atomic mass is 10.0. The van der Waals surface area contributed by atoms with E-state index < -0.39 is 0 Å². The van der Waals surface area contributed by atoms with Crippen LogP contribution in [0.5, 0.6) is 0 Å². The smallest absolute Gasteiger partial charge is 0.136 e. The molecule has 0 saturated heterocycles. The molecule has 0 amide bonds. The molecule has 1 heterocycles. The predicted molar refractivity (Wildman–Crippen MR) is 113 cm³/mol. The van der Waals surface area contributed by atoms with Crippen LogP contribution in [0.4, 0.5) is 5.69 Å². The third kappa shape index (κ3) is 4.04. The van der Waals surface area contributed by atoms with Crippen molar-refractivity contribution in [2.75, 3.05) is 5.32 Å². The summed E-state index contributed by atoms with van der Waals surface area (Å²) in [5.74, 6) is 0. The molecule has 1 aromatic heterocycles. The summed E-state index contributed by atoms with van der Waals surface area (Å²) >= 11 is 5.01. The van der Waals surface area contributed by atoms with Crippen LogP contribution in [-0.4, -0.2) is 4.98 Å². The van der Waals surface area contributed by atoms with Crippen molar-refractivity contribution in [1.29, 1.82) is 5.26 Å². The highest BCUT2D eigenvalue weighted by Gasteiger charge is 2.11. The van der Waals surface area contributed by atoms with Crippen molar-refractivity contribution in [3.63, 3.8) is 0 Å². The molecule has 0 fully saturated rings. The quantitative estimate of drug-likeness (QED) is 0.488. The summed E-state index contributed by atoms with van der Waals surface area (Å²) in [5, 5.41) is 15.4. The van der Waals surface area contributed by atoms with E-state index in [1.54, 1.807) is 6.20 Å². The molecule has 3 rings (SSSR count). The standard InChI is InChI=1S/C21H18BrN3S/c1-13-4-6-17(15(3)8-13)20-12-26-21(25-20)16(10-23)11-24-19-7-5-14(2)9-18(19)22/h4-9,11-12,24H,1-3H3/b16-11+. The fraction of sp³-hybridized carbons (Fsp3) is 0.143. The third-order valence-electron chi connectivity index (χ3n) is 4.01. The normalized spacial score (nSPS) is 11.3. The van der Waals surface area contributed by atoms with E-state index >= 15 is 0 Å². The summed E-state index contributed by atoms with van der Waals surface area (Å²) < 4.78 is 0.959. The number of hydrogen-bond donors (Lipinski definition) is 1. The highest BCUT2D eigenvalue weighted by Crippen LogP contribution is 2.29. The number of anilines is 1. The van der Waals surface area contributed by atoms with Crippen LogP contribution < -0.4 is 5.32 Å². The molecule has 3 aromatic rings. The Morgan fingerprint density at radius 3 is 2.58 bits per heavy atom. The summed E-state index contributed by atoms with van der Waals surface area (Å²) in [6, 6.07) is 14.6. The maximum Gasteiger partial charge on any atom is 0.136 e. The lowest BCUT2D eigenvalue weighted by Crippen LogP contribution is -1.92. The number of aromatic nitrogens is 1. The Morgan fingerprint density at radius 1 is 1.15 bits per heavy atom. The van der Waals surface area contributed by atoms with Crippen LogP contribution in [-0.2, 0) is 0 Å². The lowest BCUT2D eigenvalue weighted by molar-refractivity contribution is 1.32. The van der Waals surface area contributed by atoms with Gasteiger partial charge in [0.25, 0.3) is 0 Å². The molecule has 0 aliphatic heterocycles. The monoisotopic (exact) mass is 423 g/mol. The number of halogens is 1. The van der Waals surface area contributed by atoms with E-state index in [4.69, 9.17) is 0 Å². The average molecular weight is 424 g/mol. The summed E-state index contributed by atoms with van der Waals surface area (Å²) in [6.45, 7) is 6.20. The first-order chi connectivity index (χ1) is 12.5. The number of allylic oxidation sites excluding steroid dienone is 1. The molecule has 0 unspecified atom stereocenters. The number of thiazole rings is 1. The number of nitriles is 1. The Bertz CT molecular complexity index is 1030. The third-order valence-corrected chi connectivity index (χ3v) is 5.54. The molecule has 130 valence electrons. The Morgan fingerprint density at radius 2 is 1.88 bits per heavy atom. The van der Waals surface area contributed by atoms with Crippen LogP contribution >= 0.6 is 27.3 Å². The van der Waals surface area contributed by atoms with Gasteiger partial charge in [-0.2, -0.15) is 5.26 Å². The molecule has 0 spiro atoms. The van der Waals surface area contributed by atoms with Gasteiger partial charge in [-0.15, -0.1) is 11.3 Å². The Balaban J connectivity index is 1.87. The van der Waals surface area contributed by atoms with Crippen LogP contribution in [0.3, 0.4) is 0 Å². The summed E-state index contributed by atoms with van der Waals surface area (Å²) in [5.41, 5.74) is 7.01. The molecule has 1 N–H and O–H groups in total. The SMILES string of the molecule is Cc1ccc(-c2csc(/C(C#N)=C/Nc3ccc(C)cc3Br)n2)c(C)c1. The van der Waals surface area contributed by atoms with Crippen molar-refractivity contribution in [2.24, 2.45) is 0 Å². The van der Waals surface area contributed by atoms with Gasteiger partial charge in [0.15, 0.2) is 0 Å². The summed E-state index contributed by atoms with van der Waals surface area (Å²) in [4.78, 5) is 4.67. The van der Waals surface area contributed by atoms with E-state index in [9.17, 15) is 5.26 Å². The second-order valence-electron chi connectivity index (χ2n) is 6.15. The first kappa shape index (κ1) is 18.4. The molecule has 3 nitrogen and oxygen atoms in total. The van der Waals surface area contributed by atoms with Crippen molar-refractivity contribution >= 4 is 38.5 Å². The zero-order valence-corrected chi connectivity index (χ0v) is 17.2. The molecule has 0 bridgehead atoms. The number of hydrogen-bond acceptors (Lipinski definition) is 4. The van der Waals surface area contributed by atoms with E-state index in [0.29, 0.717) is 10.6 Å². The van der Waals surface area contributed by atoms with Gasteiger partial charge in [-0.3, -0.25) is 0 Å². The van der Waals surface area contributed by atoms with Gasteiger partial charge >= 0.3 is 0 Å². The van der Waals surface area contributed by atoms with Gasteiger partial charge in [-0.1, -0.05) is 29.8 Å². The number of rotatable bonds is 4. The van der Waals surface area contributed by atoms with Crippen molar-refractivity contribution in [1.82, 2.24) is 4.98 Å². The fourth-order valence-corrected chi connectivity index (χ4v) is 4.04. The van der Waals surface area contributed by atoms with Crippen molar-refractivity contribution in [2.45, 2.75) is 20.8 Å². The summed E-state index contributed by atoms with van der Waals surface area (Å²) in [7, 11) is 0. The predicted octanol–water partition coefficient (Wildman–Crippen LogP) is 6.47. The van der Waals surface area contributed by atoms with E-state index in [-0.39, 0.29) is 0 Å². The first-order valence-electron chi connectivity index (χ1n) is 8.14. The van der Waals surface area contributed by atoms with E-state index in [1.165, 1.54) is 28.0 Å². The molecule has 0 radical (unpaired) electrons. The largest absolute Gasteiger partial charge is 0.359 e. The van der Waals surface area contributed by atoms with Crippen molar-refractivity contribution in [3.8, 4) is 17.3 Å². The van der Waals surface area contributed by atoms with E-state index in [0.717, 1.165) is 21.4 Å². The van der Waals surface area contributed by atoms with E-state index in [1.807, 2.05) is 30.5 Å². The molecule has 2 aromatic carbocycles. The van der Waals surface area contributed by atoms with Crippen LogP contribution in [0.15, 0.2) is 52.5 Å². The van der Waals surface area contributed by atoms with Gasteiger partial charge < -0.3 is 5.32 Å². The van der Waals surface area contributed by atoms with Crippen LogP contribution in [0.2, 0.25) is 0 Å². The lowest BCUT2D eigenvalue weighted by Gasteiger charge is -2.05. The van der Waals surface area contributed by atoms with E-state index in [2.05, 4.69) is 64.3 Å². The van der Waals surface area contributed by atoms with Gasteiger partial charge in [0, 0.05) is 21.6 Å². The number of benzene rings is 2. The van der Waals surface area contributed by atoms with Gasteiger partial charge in [-0.25, -0.2) is 4.98 Å². The molecule has 0 aliphatic rings. The first-order valence-corrected chi connectivity index (χ1v) is 9.81. The summed E-state index contributed by atoms with van der Waals surface area (Å²) in [6.07, 6.45) is 1.71. The van der Waals surface area contributed by atoms with Gasteiger partial charge in [0.05, 0.1) is 11.4 Å². The zero-order chi connectivity index (χ0) is 18.7. The minimum absolute atomic E-state index is 0.512. The molecule has 26 heavy (non-hydrogen) atoms. The van der Waals surface area contributed by atoms with Crippen molar-refractivity contribution < 1.29 is 0 Å². The molecule has 5 heteroatoms. The van der Waals surface area contributed by atoms with Crippen LogP contribution in [0, 0.1) is 32.1 Å². The number of nitrogens with one attached hydrogen (secondary N) is 1. The maximum absolute atomic E-state index is 9.54. The molecule has 0 atom stereocenters. The minimum Gasteiger partial charge on any atom is -0.359 e. The average Bonchev–Trinajstić information content (AvgIpc) is 3.06. The topological polar surface area (TPSA) is 48.7 Å². The molecular weight excluding hydrogens is 406 g/mol. The van der Waals surface area contributed by atoms with Gasteiger partial charge in [-0.05, 0) is 60.0 Å². The molecule has 0 saturated carbocycles. The fourth-order valence-electron chi connectivity index (χ4n) is 2.65. The molecular formula is C21H18BrN3S. The maximum atomic E-state index is 9.54. The van der Waals surface area contributed by atoms with Crippen LogP contribution in [0.1, 0.15) is 21.7 Å². The Kier molecular flexibility index (Phi) is 5.55. The minimum atomic E-state index is 0.512. The number of nitrogens with zero attached hydrogens (tertiary/aromatic N) is 2. The second kappa shape index (κ2) is 7.86. The number of aryl methyl sites for hydroxylation is 3. The van der Waals surface area contributed by atoms with Crippen molar-refractivity contribution in [3.05, 3.63) is 74.1 Å². The van der Waals surface area contributed by atoms with Gasteiger partial charge in [0.1, 0.15) is 16.6 Å².